The third kappa shape index (κ3) is 1.30. The predicted octanol–water partition coefficient (Wildman–Crippen LogP) is -0.485. The lowest BCUT2D eigenvalue weighted by Gasteiger charge is -2.28. The van der Waals surface area contributed by atoms with Crippen molar-refractivity contribution >= 4 is 0 Å². The van der Waals surface area contributed by atoms with Gasteiger partial charge in [-0.1, -0.05) is 6.08 Å². The Morgan fingerprint density at radius 1 is 1.56 bits per heavy atom. The average molecular weight is 129 g/mol. The van der Waals surface area contributed by atoms with E-state index in [2.05, 4.69) is 0 Å². The summed E-state index contributed by atoms with van der Waals surface area (Å²) in [6.45, 7) is 0. The van der Waals surface area contributed by atoms with E-state index in [0.717, 1.165) is 0 Å². The van der Waals surface area contributed by atoms with Crippen molar-refractivity contribution in [3.8, 4) is 0 Å². The van der Waals surface area contributed by atoms with Crippen molar-refractivity contribution in [1.82, 2.24) is 4.90 Å². The van der Waals surface area contributed by atoms with Gasteiger partial charge in [0.05, 0.1) is 0 Å². The van der Waals surface area contributed by atoms with E-state index in [1.54, 1.807) is 19.2 Å². The van der Waals surface area contributed by atoms with Gasteiger partial charge in [-0.25, -0.2) is 0 Å². The number of likely N-dealkylation sites (N-methyl/N-ethyl adjacent to an activating group) is 1. The lowest BCUT2D eigenvalue weighted by molar-refractivity contribution is -0.0682. The maximum absolute atomic E-state index is 9.06. The molecule has 2 unspecified atom stereocenters. The molecule has 0 saturated heterocycles. The van der Waals surface area contributed by atoms with Crippen LogP contribution in [0, 0.1) is 0 Å². The summed E-state index contributed by atoms with van der Waals surface area (Å²) >= 11 is 0. The van der Waals surface area contributed by atoms with Crippen molar-refractivity contribution in [2.75, 3.05) is 7.05 Å². The minimum absolute atomic E-state index is 0.523. The first-order chi connectivity index (χ1) is 4.22. The molecule has 52 valence electrons. The summed E-state index contributed by atoms with van der Waals surface area (Å²) in [7, 11) is 1.68. The van der Waals surface area contributed by atoms with E-state index < -0.39 is 12.5 Å². The highest BCUT2D eigenvalue weighted by Crippen LogP contribution is 2.09. The highest BCUT2D eigenvalue weighted by Gasteiger charge is 2.18. The minimum Gasteiger partial charge on any atom is -0.378 e. The Morgan fingerprint density at radius 2 is 2.22 bits per heavy atom. The highest BCUT2D eigenvalue weighted by molar-refractivity contribution is 4.94. The van der Waals surface area contributed by atoms with Crippen molar-refractivity contribution < 1.29 is 10.2 Å². The molecule has 1 aliphatic heterocycles. The summed E-state index contributed by atoms with van der Waals surface area (Å²) in [5.74, 6) is 0. The summed E-state index contributed by atoms with van der Waals surface area (Å²) in [5, 5.41) is 18.1. The third-order valence-electron chi connectivity index (χ3n) is 1.54. The van der Waals surface area contributed by atoms with Crippen LogP contribution in [0.2, 0.25) is 0 Å². The zero-order valence-corrected chi connectivity index (χ0v) is 5.36. The molecule has 1 aliphatic rings. The Morgan fingerprint density at radius 3 is 2.67 bits per heavy atom. The van der Waals surface area contributed by atoms with Crippen LogP contribution in [0.5, 0.6) is 0 Å². The quantitative estimate of drug-likeness (QED) is 0.434. The van der Waals surface area contributed by atoms with Crippen LogP contribution in [0.3, 0.4) is 0 Å². The molecular weight excluding hydrogens is 118 g/mol. The molecule has 2 atom stereocenters. The smallest absolute Gasteiger partial charge is 0.128 e. The Balaban J connectivity index is 2.58. The fraction of sp³-hybridized carbons (Fsp3) is 0.667. The fourth-order valence-corrected chi connectivity index (χ4v) is 0.800. The van der Waals surface area contributed by atoms with Gasteiger partial charge in [0, 0.05) is 6.42 Å². The molecule has 3 nitrogen and oxygen atoms in total. The molecule has 0 aromatic carbocycles. The number of aliphatic hydroxyl groups excluding tert-OH is 2. The van der Waals surface area contributed by atoms with E-state index >= 15 is 0 Å². The molecule has 0 bridgehead atoms. The molecule has 0 aromatic heterocycles. The summed E-state index contributed by atoms with van der Waals surface area (Å²) < 4.78 is 0. The Bertz CT molecular complexity index is 124. The molecule has 0 radical (unpaired) electrons. The van der Waals surface area contributed by atoms with Crippen LogP contribution in [-0.2, 0) is 0 Å². The second kappa shape index (κ2) is 2.47. The molecule has 0 amide bonds. The zero-order chi connectivity index (χ0) is 6.85. The second-order valence-corrected chi connectivity index (χ2v) is 2.22. The van der Waals surface area contributed by atoms with Crippen LogP contribution in [0.4, 0.5) is 0 Å². The lowest BCUT2D eigenvalue weighted by atomic mass is 10.2. The van der Waals surface area contributed by atoms with Crippen LogP contribution < -0.4 is 0 Å². The molecule has 9 heavy (non-hydrogen) atoms. The SMILES string of the molecule is CN1C(O)C=CCC1O. The Kier molecular flexibility index (Phi) is 1.85. The van der Waals surface area contributed by atoms with E-state index in [9.17, 15) is 0 Å². The van der Waals surface area contributed by atoms with Gasteiger partial charge in [-0.05, 0) is 13.1 Å². The van der Waals surface area contributed by atoms with E-state index in [4.69, 9.17) is 10.2 Å². The molecule has 0 fully saturated rings. The third-order valence-corrected chi connectivity index (χ3v) is 1.54. The zero-order valence-electron chi connectivity index (χ0n) is 5.36. The molecule has 1 heterocycles. The van der Waals surface area contributed by atoms with Crippen LogP contribution >= 0.6 is 0 Å². The van der Waals surface area contributed by atoms with Gasteiger partial charge in [-0.2, -0.15) is 0 Å². The summed E-state index contributed by atoms with van der Waals surface area (Å²) in [4.78, 5) is 1.50. The Labute approximate surface area is 54.2 Å². The lowest BCUT2D eigenvalue weighted by Crippen LogP contribution is -2.41. The number of nitrogens with zero attached hydrogens (tertiary/aromatic N) is 1. The first kappa shape index (κ1) is 6.74. The van der Waals surface area contributed by atoms with Gasteiger partial charge in [0.15, 0.2) is 0 Å². The van der Waals surface area contributed by atoms with Gasteiger partial charge >= 0.3 is 0 Å². The topological polar surface area (TPSA) is 43.7 Å². The molecule has 0 aliphatic carbocycles. The van der Waals surface area contributed by atoms with E-state index in [0.29, 0.717) is 6.42 Å². The largest absolute Gasteiger partial charge is 0.378 e. The molecule has 0 spiro atoms. The minimum atomic E-state index is -0.617. The number of hydrogen-bond acceptors (Lipinski definition) is 3. The predicted molar refractivity (Wildman–Crippen MR) is 33.5 cm³/mol. The van der Waals surface area contributed by atoms with Crippen molar-refractivity contribution in [3.05, 3.63) is 12.2 Å². The maximum Gasteiger partial charge on any atom is 0.128 e. The first-order valence-corrected chi connectivity index (χ1v) is 2.96. The summed E-state index contributed by atoms with van der Waals surface area (Å²) in [6, 6.07) is 0. The van der Waals surface area contributed by atoms with Gasteiger partial charge < -0.3 is 10.2 Å². The number of hydrogen-bond donors (Lipinski definition) is 2. The van der Waals surface area contributed by atoms with Crippen LogP contribution in [0.15, 0.2) is 12.2 Å². The number of rotatable bonds is 0. The first-order valence-electron chi connectivity index (χ1n) is 2.96. The van der Waals surface area contributed by atoms with Gasteiger partial charge in [0.25, 0.3) is 0 Å². The Hall–Kier alpha value is -0.380. The maximum atomic E-state index is 9.06. The number of aliphatic hydroxyl groups is 2. The standard InChI is InChI=1S/C6H11NO2/c1-7-5(8)3-2-4-6(7)9/h2-3,5-6,8-9H,4H2,1H3. The van der Waals surface area contributed by atoms with Gasteiger partial charge in [-0.3, -0.25) is 4.90 Å². The van der Waals surface area contributed by atoms with Crippen molar-refractivity contribution in [1.29, 1.82) is 0 Å². The van der Waals surface area contributed by atoms with Crippen LogP contribution in [-0.4, -0.2) is 34.6 Å². The second-order valence-electron chi connectivity index (χ2n) is 2.22. The van der Waals surface area contributed by atoms with E-state index in [1.807, 2.05) is 0 Å². The van der Waals surface area contributed by atoms with Crippen molar-refractivity contribution in [3.63, 3.8) is 0 Å². The molecule has 0 saturated carbocycles. The summed E-state index contributed by atoms with van der Waals surface area (Å²) in [5.41, 5.74) is 0. The van der Waals surface area contributed by atoms with Gasteiger partial charge in [0.1, 0.15) is 12.5 Å². The molecule has 3 heteroatoms. The van der Waals surface area contributed by atoms with Crippen LogP contribution in [0.25, 0.3) is 0 Å². The summed E-state index contributed by atoms with van der Waals surface area (Å²) in [6.07, 6.45) is 2.90. The normalized spacial score (nSPS) is 37.2. The van der Waals surface area contributed by atoms with Gasteiger partial charge in [0.2, 0.25) is 0 Å². The van der Waals surface area contributed by atoms with E-state index in [1.165, 1.54) is 4.90 Å². The molecule has 0 aromatic rings. The van der Waals surface area contributed by atoms with Crippen molar-refractivity contribution in [2.24, 2.45) is 0 Å². The van der Waals surface area contributed by atoms with Crippen molar-refractivity contribution in [2.45, 2.75) is 18.9 Å². The molecule has 2 N–H and O–H groups in total. The average Bonchev–Trinajstić information content (AvgIpc) is 1.83. The molecular formula is C6H11NO2. The fourth-order valence-electron chi connectivity index (χ4n) is 0.800. The highest BCUT2D eigenvalue weighted by atomic mass is 16.3. The van der Waals surface area contributed by atoms with Gasteiger partial charge in [-0.15, -0.1) is 0 Å². The molecule has 1 rings (SSSR count). The monoisotopic (exact) mass is 129 g/mol. The van der Waals surface area contributed by atoms with Crippen LogP contribution in [0.1, 0.15) is 6.42 Å². The van der Waals surface area contributed by atoms with E-state index in [-0.39, 0.29) is 0 Å².